The zero-order valence-electron chi connectivity index (χ0n) is 11.6. The summed E-state index contributed by atoms with van der Waals surface area (Å²) in [5.74, 6) is 0. The minimum absolute atomic E-state index is 0. The summed E-state index contributed by atoms with van der Waals surface area (Å²) in [6.45, 7) is 4.23. The molecule has 0 saturated heterocycles. The first-order valence-electron chi connectivity index (χ1n) is 6.43. The molecule has 0 amide bonds. The standard InChI is InChI=1S/C17H16N2.ClH/c1-12-13(2)19-17-15(12)10-11-18-16(17)9-8-14-6-4-3-5-7-14;/h3-11,19H,1-2H3;1H/b9-8+;. The van der Waals surface area contributed by atoms with Crippen LogP contribution in [0.3, 0.4) is 0 Å². The van der Waals surface area contributed by atoms with Crippen molar-refractivity contribution >= 4 is 35.5 Å². The van der Waals surface area contributed by atoms with Gasteiger partial charge >= 0.3 is 0 Å². The third-order valence-electron chi connectivity index (χ3n) is 3.49. The molecule has 1 aromatic carbocycles. The van der Waals surface area contributed by atoms with Crippen molar-refractivity contribution in [1.29, 1.82) is 0 Å². The molecular weight excluding hydrogens is 268 g/mol. The normalized spacial score (nSPS) is 10.9. The van der Waals surface area contributed by atoms with Gasteiger partial charge in [-0.3, -0.25) is 4.98 Å². The number of pyridine rings is 1. The maximum Gasteiger partial charge on any atom is 0.0870 e. The van der Waals surface area contributed by atoms with E-state index in [-0.39, 0.29) is 12.4 Å². The highest BCUT2D eigenvalue weighted by molar-refractivity contribution is 5.91. The van der Waals surface area contributed by atoms with Crippen molar-refractivity contribution in [1.82, 2.24) is 9.97 Å². The van der Waals surface area contributed by atoms with E-state index in [9.17, 15) is 0 Å². The quantitative estimate of drug-likeness (QED) is 0.721. The number of benzene rings is 1. The minimum Gasteiger partial charge on any atom is -0.357 e. The Balaban J connectivity index is 0.00000147. The summed E-state index contributed by atoms with van der Waals surface area (Å²) >= 11 is 0. The number of aromatic amines is 1. The van der Waals surface area contributed by atoms with E-state index in [0.29, 0.717) is 0 Å². The number of halogens is 1. The number of aryl methyl sites for hydroxylation is 2. The number of rotatable bonds is 2. The number of nitrogens with one attached hydrogen (secondary N) is 1. The van der Waals surface area contributed by atoms with E-state index in [1.54, 1.807) is 0 Å². The number of H-pyrrole nitrogens is 1. The van der Waals surface area contributed by atoms with Gasteiger partial charge in [0.25, 0.3) is 0 Å². The molecule has 2 heterocycles. The van der Waals surface area contributed by atoms with Crippen LogP contribution in [0.25, 0.3) is 23.1 Å². The molecule has 0 aliphatic rings. The number of hydrogen-bond acceptors (Lipinski definition) is 1. The molecule has 0 atom stereocenters. The lowest BCUT2D eigenvalue weighted by atomic mass is 10.1. The van der Waals surface area contributed by atoms with Crippen LogP contribution in [0.1, 0.15) is 22.5 Å². The average Bonchev–Trinajstić information content (AvgIpc) is 2.74. The van der Waals surface area contributed by atoms with Gasteiger partial charge < -0.3 is 4.98 Å². The summed E-state index contributed by atoms with van der Waals surface area (Å²) in [7, 11) is 0. The average molecular weight is 285 g/mol. The van der Waals surface area contributed by atoms with Crippen LogP contribution in [0.2, 0.25) is 0 Å². The Morgan fingerprint density at radius 2 is 1.75 bits per heavy atom. The predicted octanol–water partition coefficient (Wildman–Crippen LogP) is 4.77. The molecule has 0 spiro atoms. The molecule has 2 aromatic heterocycles. The van der Waals surface area contributed by atoms with Gasteiger partial charge in [-0.1, -0.05) is 36.4 Å². The van der Waals surface area contributed by atoms with Gasteiger partial charge in [-0.15, -0.1) is 12.4 Å². The van der Waals surface area contributed by atoms with Crippen LogP contribution in [0.5, 0.6) is 0 Å². The van der Waals surface area contributed by atoms with Crippen LogP contribution in [-0.2, 0) is 0 Å². The molecule has 3 rings (SSSR count). The molecular formula is C17H17ClN2. The molecule has 20 heavy (non-hydrogen) atoms. The van der Waals surface area contributed by atoms with Crippen LogP contribution < -0.4 is 0 Å². The molecule has 0 fully saturated rings. The maximum absolute atomic E-state index is 4.46. The Bertz CT molecular complexity index is 742. The van der Waals surface area contributed by atoms with Crippen molar-refractivity contribution < 1.29 is 0 Å². The van der Waals surface area contributed by atoms with E-state index < -0.39 is 0 Å². The van der Waals surface area contributed by atoms with Crippen LogP contribution in [0.15, 0.2) is 42.6 Å². The molecule has 0 bridgehead atoms. The summed E-state index contributed by atoms with van der Waals surface area (Å²) in [6.07, 6.45) is 6.02. The van der Waals surface area contributed by atoms with E-state index in [1.807, 2.05) is 24.4 Å². The number of aromatic nitrogens is 2. The van der Waals surface area contributed by atoms with Crippen molar-refractivity contribution in [2.45, 2.75) is 13.8 Å². The van der Waals surface area contributed by atoms with E-state index in [1.165, 1.54) is 22.2 Å². The lowest BCUT2D eigenvalue weighted by Crippen LogP contribution is -1.82. The topological polar surface area (TPSA) is 28.7 Å². The fourth-order valence-electron chi connectivity index (χ4n) is 2.27. The smallest absolute Gasteiger partial charge is 0.0870 e. The first kappa shape index (κ1) is 14.4. The number of nitrogens with zero attached hydrogens (tertiary/aromatic N) is 1. The van der Waals surface area contributed by atoms with Gasteiger partial charge in [0, 0.05) is 17.3 Å². The second kappa shape index (κ2) is 5.93. The maximum atomic E-state index is 4.46. The highest BCUT2D eigenvalue weighted by atomic mass is 35.5. The van der Waals surface area contributed by atoms with Crippen LogP contribution in [0, 0.1) is 13.8 Å². The molecule has 0 aliphatic carbocycles. The van der Waals surface area contributed by atoms with E-state index in [4.69, 9.17) is 0 Å². The van der Waals surface area contributed by atoms with Gasteiger partial charge in [0.05, 0.1) is 11.2 Å². The van der Waals surface area contributed by atoms with E-state index in [2.05, 4.69) is 54.2 Å². The molecule has 3 heteroatoms. The van der Waals surface area contributed by atoms with Gasteiger partial charge in [0.2, 0.25) is 0 Å². The summed E-state index contributed by atoms with van der Waals surface area (Å²) in [5, 5.41) is 1.25. The van der Waals surface area contributed by atoms with Gasteiger partial charge in [0.15, 0.2) is 0 Å². The first-order chi connectivity index (χ1) is 9.25. The molecule has 2 nitrogen and oxygen atoms in total. The largest absolute Gasteiger partial charge is 0.357 e. The number of fused-ring (bicyclic) bond motifs is 1. The lowest BCUT2D eigenvalue weighted by molar-refractivity contribution is 1.24. The predicted molar refractivity (Wildman–Crippen MR) is 88.2 cm³/mol. The van der Waals surface area contributed by atoms with Crippen molar-refractivity contribution in [3.05, 3.63) is 65.1 Å². The third-order valence-corrected chi connectivity index (χ3v) is 3.49. The molecule has 0 saturated carbocycles. The molecule has 1 N–H and O–H groups in total. The summed E-state index contributed by atoms with van der Waals surface area (Å²) in [5.41, 5.74) is 5.78. The summed E-state index contributed by atoms with van der Waals surface area (Å²) < 4.78 is 0. The second-order valence-electron chi connectivity index (χ2n) is 4.74. The van der Waals surface area contributed by atoms with Crippen LogP contribution >= 0.6 is 12.4 Å². The molecule has 102 valence electrons. The van der Waals surface area contributed by atoms with E-state index >= 15 is 0 Å². The molecule has 3 aromatic rings. The second-order valence-corrected chi connectivity index (χ2v) is 4.74. The third kappa shape index (κ3) is 2.61. The highest BCUT2D eigenvalue weighted by Gasteiger charge is 2.06. The Hall–Kier alpha value is -2.06. The zero-order valence-corrected chi connectivity index (χ0v) is 12.4. The van der Waals surface area contributed by atoms with Crippen molar-refractivity contribution in [2.75, 3.05) is 0 Å². The van der Waals surface area contributed by atoms with Crippen molar-refractivity contribution in [2.24, 2.45) is 0 Å². The van der Waals surface area contributed by atoms with Crippen molar-refractivity contribution in [3.63, 3.8) is 0 Å². The van der Waals surface area contributed by atoms with Crippen molar-refractivity contribution in [3.8, 4) is 0 Å². The first-order valence-corrected chi connectivity index (χ1v) is 6.43. The summed E-state index contributed by atoms with van der Waals surface area (Å²) in [4.78, 5) is 7.88. The van der Waals surface area contributed by atoms with Crippen LogP contribution in [-0.4, -0.2) is 9.97 Å². The lowest BCUT2D eigenvalue weighted by Gasteiger charge is -1.97. The van der Waals surface area contributed by atoms with Gasteiger partial charge in [0.1, 0.15) is 0 Å². The highest BCUT2D eigenvalue weighted by Crippen LogP contribution is 2.23. The fourth-order valence-corrected chi connectivity index (χ4v) is 2.27. The minimum atomic E-state index is 0. The summed E-state index contributed by atoms with van der Waals surface area (Å²) in [6, 6.07) is 12.3. The fraction of sp³-hybridized carbons (Fsp3) is 0.118. The molecule has 0 aliphatic heterocycles. The van der Waals surface area contributed by atoms with Crippen LogP contribution in [0.4, 0.5) is 0 Å². The Kier molecular flexibility index (Phi) is 4.26. The monoisotopic (exact) mass is 284 g/mol. The Morgan fingerprint density at radius 1 is 1.00 bits per heavy atom. The number of hydrogen-bond donors (Lipinski definition) is 1. The Morgan fingerprint density at radius 3 is 2.50 bits per heavy atom. The SMILES string of the molecule is Cc1[nH]c2c(/C=C/c3ccccc3)nccc2c1C.Cl. The van der Waals surface area contributed by atoms with Gasteiger partial charge in [-0.05, 0) is 37.1 Å². The van der Waals surface area contributed by atoms with Gasteiger partial charge in [-0.2, -0.15) is 0 Å². The van der Waals surface area contributed by atoms with Gasteiger partial charge in [-0.25, -0.2) is 0 Å². The molecule has 0 unspecified atom stereocenters. The zero-order chi connectivity index (χ0) is 13.2. The van der Waals surface area contributed by atoms with E-state index in [0.717, 1.165) is 11.2 Å². The Labute approximate surface area is 125 Å². The molecule has 0 radical (unpaired) electrons.